The Bertz CT molecular complexity index is 476. The molecule has 3 rings (SSSR count). The summed E-state index contributed by atoms with van der Waals surface area (Å²) >= 11 is 0. The molecule has 1 N–H and O–H groups in total. The summed E-state index contributed by atoms with van der Waals surface area (Å²) in [6.45, 7) is 5.24. The van der Waals surface area contributed by atoms with Crippen molar-refractivity contribution in [2.75, 3.05) is 32.7 Å². The Kier molecular flexibility index (Phi) is 4.48. The highest BCUT2D eigenvalue weighted by atomic mass is 16.1. The van der Waals surface area contributed by atoms with E-state index in [0.29, 0.717) is 12.2 Å². The van der Waals surface area contributed by atoms with Gasteiger partial charge in [0.05, 0.1) is 0 Å². The van der Waals surface area contributed by atoms with Gasteiger partial charge in [0, 0.05) is 31.6 Å². The van der Waals surface area contributed by atoms with Gasteiger partial charge in [0.2, 0.25) is 0 Å². The van der Waals surface area contributed by atoms with Gasteiger partial charge in [0.15, 0.2) is 5.78 Å². The Hall–Kier alpha value is -1.19. The molecule has 3 nitrogen and oxygen atoms in total. The van der Waals surface area contributed by atoms with E-state index >= 15 is 0 Å². The van der Waals surface area contributed by atoms with Crippen LogP contribution in [-0.2, 0) is 12.8 Å². The first-order valence-electron chi connectivity index (χ1n) is 7.91. The fraction of sp³-hybridized carbons (Fsp3) is 0.588. The van der Waals surface area contributed by atoms with Gasteiger partial charge in [0.1, 0.15) is 0 Å². The van der Waals surface area contributed by atoms with Crippen molar-refractivity contribution in [3.63, 3.8) is 0 Å². The molecule has 3 heteroatoms. The first-order chi connectivity index (χ1) is 9.83. The molecule has 108 valence electrons. The van der Waals surface area contributed by atoms with E-state index in [4.69, 9.17) is 0 Å². The normalized spacial score (nSPS) is 19.6. The zero-order chi connectivity index (χ0) is 13.8. The quantitative estimate of drug-likeness (QED) is 0.851. The van der Waals surface area contributed by atoms with E-state index in [2.05, 4.69) is 22.3 Å². The molecule has 0 unspecified atom stereocenters. The van der Waals surface area contributed by atoms with Crippen LogP contribution in [0, 0.1) is 0 Å². The molecule has 0 bridgehead atoms. The molecule has 1 heterocycles. The van der Waals surface area contributed by atoms with E-state index in [0.717, 1.165) is 44.7 Å². The minimum absolute atomic E-state index is 0.303. The number of aryl methyl sites for hydroxylation is 2. The first kappa shape index (κ1) is 13.8. The van der Waals surface area contributed by atoms with Crippen LogP contribution in [0.2, 0.25) is 0 Å². The lowest BCUT2D eigenvalue weighted by atomic mass is 10.0. The summed E-state index contributed by atoms with van der Waals surface area (Å²) in [6, 6.07) is 6.32. The summed E-state index contributed by atoms with van der Waals surface area (Å²) in [4.78, 5) is 14.7. The van der Waals surface area contributed by atoms with Gasteiger partial charge in [-0.25, -0.2) is 0 Å². The maximum absolute atomic E-state index is 12.3. The number of ketones is 1. The van der Waals surface area contributed by atoms with Crippen LogP contribution in [-0.4, -0.2) is 43.4 Å². The molecule has 0 atom stereocenters. The number of carbonyl (C=O) groups excluding carboxylic acids is 1. The Morgan fingerprint density at radius 2 is 2.00 bits per heavy atom. The van der Waals surface area contributed by atoms with Gasteiger partial charge in [-0.3, -0.25) is 4.79 Å². The summed E-state index contributed by atoms with van der Waals surface area (Å²) in [6.07, 6.45) is 5.42. The van der Waals surface area contributed by atoms with Crippen LogP contribution in [0.5, 0.6) is 0 Å². The molecule has 2 aliphatic rings. The molecule has 20 heavy (non-hydrogen) atoms. The highest BCUT2D eigenvalue weighted by Gasteiger charge is 2.15. The van der Waals surface area contributed by atoms with Crippen LogP contribution in [0.25, 0.3) is 0 Å². The van der Waals surface area contributed by atoms with Crippen LogP contribution in [0.4, 0.5) is 0 Å². The van der Waals surface area contributed by atoms with Gasteiger partial charge < -0.3 is 10.2 Å². The molecular weight excluding hydrogens is 248 g/mol. The van der Waals surface area contributed by atoms with Crippen molar-refractivity contribution in [3.8, 4) is 0 Å². The molecular formula is C17H24N2O. The molecule has 1 aliphatic heterocycles. The molecule has 1 aromatic carbocycles. The van der Waals surface area contributed by atoms with E-state index in [1.54, 1.807) is 0 Å². The summed E-state index contributed by atoms with van der Waals surface area (Å²) in [5.74, 6) is 0.303. The number of carbonyl (C=O) groups is 1. The van der Waals surface area contributed by atoms with Crippen LogP contribution in [0.15, 0.2) is 18.2 Å². The summed E-state index contributed by atoms with van der Waals surface area (Å²) in [5.41, 5.74) is 3.76. The van der Waals surface area contributed by atoms with Gasteiger partial charge >= 0.3 is 0 Å². The fourth-order valence-corrected chi connectivity index (χ4v) is 3.27. The van der Waals surface area contributed by atoms with Crippen molar-refractivity contribution in [3.05, 3.63) is 34.9 Å². The van der Waals surface area contributed by atoms with Crippen LogP contribution in [0.1, 0.15) is 40.7 Å². The zero-order valence-electron chi connectivity index (χ0n) is 12.2. The van der Waals surface area contributed by atoms with E-state index in [-0.39, 0.29) is 0 Å². The van der Waals surface area contributed by atoms with Crippen molar-refractivity contribution in [2.24, 2.45) is 0 Å². The highest BCUT2D eigenvalue weighted by Crippen LogP contribution is 2.23. The molecule has 0 aromatic heterocycles. The SMILES string of the molecule is O=C(CCN1CCCNCC1)c1ccc2c(c1)CCC2. The van der Waals surface area contributed by atoms with Crippen molar-refractivity contribution >= 4 is 5.78 Å². The third kappa shape index (κ3) is 3.28. The molecule has 1 aliphatic carbocycles. The molecule has 1 fully saturated rings. The molecule has 1 aromatic rings. The standard InChI is InChI=1S/C17H24N2O/c20-17(7-11-19-10-2-8-18-9-12-19)16-6-5-14-3-1-4-15(14)13-16/h5-6,13,18H,1-4,7-12H2. The minimum atomic E-state index is 0.303. The lowest BCUT2D eigenvalue weighted by Crippen LogP contribution is -2.30. The van der Waals surface area contributed by atoms with Crippen molar-refractivity contribution < 1.29 is 4.79 Å². The molecule has 0 spiro atoms. The Morgan fingerprint density at radius 1 is 1.10 bits per heavy atom. The highest BCUT2D eigenvalue weighted by molar-refractivity contribution is 5.96. The van der Waals surface area contributed by atoms with Crippen molar-refractivity contribution in [1.29, 1.82) is 0 Å². The number of fused-ring (bicyclic) bond motifs is 1. The Morgan fingerprint density at radius 3 is 2.95 bits per heavy atom. The molecule has 1 saturated heterocycles. The largest absolute Gasteiger partial charge is 0.315 e. The number of benzene rings is 1. The topological polar surface area (TPSA) is 32.3 Å². The third-order valence-electron chi connectivity index (χ3n) is 4.51. The van der Waals surface area contributed by atoms with E-state index in [9.17, 15) is 4.79 Å². The number of hydrogen-bond donors (Lipinski definition) is 1. The molecule has 0 amide bonds. The molecule has 0 saturated carbocycles. The number of Topliss-reactive ketones (excluding diaryl/α,β-unsaturated/α-hetero) is 1. The number of rotatable bonds is 4. The second-order valence-corrected chi connectivity index (χ2v) is 5.96. The van der Waals surface area contributed by atoms with Gasteiger partial charge in [0.25, 0.3) is 0 Å². The maximum Gasteiger partial charge on any atom is 0.164 e. The lowest BCUT2D eigenvalue weighted by Gasteiger charge is -2.18. The summed E-state index contributed by atoms with van der Waals surface area (Å²) in [5, 5.41) is 3.40. The van der Waals surface area contributed by atoms with E-state index in [1.807, 2.05) is 6.07 Å². The van der Waals surface area contributed by atoms with E-state index < -0.39 is 0 Å². The van der Waals surface area contributed by atoms with Gasteiger partial charge in [-0.2, -0.15) is 0 Å². The van der Waals surface area contributed by atoms with Crippen molar-refractivity contribution in [1.82, 2.24) is 10.2 Å². The first-order valence-corrected chi connectivity index (χ1v) is 7.91. The van der Waals surface area contributed by atoms with Gasteiger partial charge in [-0.05, 0) is 56.0 Å². The number of nitrogens with one attached hydrogen (secondary N) is 1. The van der Waals surface area contributed by atoms with E-state index in [1.165, 1.54) is 30.4 Å². The second kappa shape index (κ2) is 6.51. The fourth-order valence-electron chi connectivity index (χ4n) is 3.27. The van der Waals surface area contributed by atoms with Crippen LogP contribution < -0.4 is 5.32 Å². The Labute approximate surface area is 121 Å². The Balaban J connectivity index is 1.56. The zero-order valence-corrected chi connectivity index (χ0v) is 12.2. The van der Waals surface area contributed by atoms with Crippen LogP contribution in [0.3, 0.4) is 0 Å². The number of nitrogens with zero attached hydrogens (tertiary/aromatic N) is 1. The average molecular weight is 272 g/mol. The summed E-state index contributed by atoms with van der Waals surface area (Å²) in [7, 11) is 0. The van der Waals surface area contributed by atoms with Crippen LogP contribution >= 0.6 is 0 Å². The third-order valence-corrected chi connectivity index (χ3v) is 4.51. The predicted octanol–water partition coefficient (Wildman–Crippen LogP) is 2.04. The van der Waals surface area contributed by atoms with Gasteiger partial charge in [-0.15, -0.1) is 0 Å². The minimum Gasteiger partial charge on any atom is -0.315 e. The second-order valence-electron chi connectivity index (χ2n) is 5.96. The smallest absolute Gasteiger partial charge is 0.164 e. The maximum atomic E-state index is 12.3. The lowest BCUT2D eigenvalue weighted by molar-refractivity contribution is 0.0965. The monoisotopic (exact) mass is 272 g/mol. The van der Waals surface area contributed by atoms with Gasteiger partial charge in [-0.1, -0.05) is 12.1 Å². The summed E-state index contributed by atoms with van der Waals surface area (Å²) < 4.78 is 0. The van der Waals surface area contributed by atoms with Crippen molar-refractivity contribution in [2.45, 2.75) is 32.1 Å². The average Bonchev–Trinajstić information content (AvgIpc) is 2.78. The predicted molar refractivity (Wildman–Crippen MR) is 81.3 cm³/mol. The molecule has 0 radical (unpaired) electrons. The number of hydrogen-bond acceptors (Lipinski definition) is 3.